The monoisotopic (exact) mass is 297 g/mol. The van der Waals surface area contributed by atoms with Crippen molar-refractivity contribution >= 4 is 0 Å². The minimum atomic E-state index is -0.282. The van der Waals surface area contributed by atoms with E-state index in [0.29, 0.717) is 6.54 Å². The predicted octanol–water partition coefficient (Wildman–Crippen LogP) is 2.58. The molecule has 4 heteroatoms. The molecule has 0 saturated heterocycles. The highest BCUT2D eigenvalue weighted by molar-refractivity contribution is 5.37. The summed E-state index contributed by atoms with van der Waals surface area (Å²) in [7, 11) is 0. The molecule has 0 fully saturated rings. The third-order valence-corrected chi connectivity index (χ3v) is 4.37. The summed E-state index contributed by atoms with van der Waals surface area (Å²) in [5.41, 5.74) is 11.0. The van der Waals surface area contributed by atoms with Gasteiger partial charge in [-0.15, -0.1) is 0 Å². The summed E-state index contributed by atoms with van der Waals surface area (Å²) in [6.45, 7) is 2.66. The van der Waals surface area contributed by atoms with Gasteiger partial charge in [-0.1, -0.05) is 25.1 Å². The van der Waals surface area contributed by atoms with Gasteiger partial charge in [0.2, 0.25) is 0 Å². The van der Waals surface area contributed by atoms with Gasteiger partial charge < -0.3 is 5.73 Å². The van der Waals surface area contributed by atoms with Gasteiger partial charge >= 0.3 is 0 Å². The molecule has 0 spiro atoms. The van der Waals surface area contributed by atoms with Gasteiger partial charge in [0.05, 0.1) is 11.7 Å². The summed E-state index contributed by atoms with van der Waals surface area (Å²) >= 11 is 0. The molecule has 0 saturated carbocycles. The number of rotatable bonds is 4. The molecule has 1 aliphatic rings. The standard InChI is InChI=1S/C18H23N3O/c1-2-11-21-17(22)10-9-16(20-21)18(19)15-8-7-13-5-3-4-6-14(13)12-15/h7-10,12,18H,2-6,11,19H2,1H3. The van der Waals surface area contributed by atoms with Crippen LogP contribution in [0.15, 0.2) is 35.1 Å². The van der Waals surface area contributed by atoms with Crippen LogP contribution in [0.5, 0.6) is 0 Å². The largest absolute Gasteiger partial charge is 0.319 e. The fourth-order valence-corrected chi connectivity index (χ4v) is 3.12. The minimum Gasteiger partial charge on any atom is -0.319 e. The van der Waals surface area contributed by atoms with Crippen molar-refractivity contribution in [1.82, 2.24) is 9.78 Å². The topological polar surface area (TPSA) is 60.9 Å². The average Bonchev–Trinajstić information content (AvgIpc) is 2.56. The van der Waals surface area contributed by atoms with Crippen LogP contribution in [0.25, 0.3) is 0 Å². The molecule has 0 radical (unpaired) electrons. The maximum atomic E-state index is 11.8. The van der Waals surface area contributed by atoms with Crippen molar-refractivity contribution in [2.75, 3.05) is 0 Å². The zero-order valence-corrected chi connectivity index (χ0v) is 13.1. The van der Waals surface area contributed by atoms with E-state index >= 15 is 0 Å². The number of nitrogens with two attached hydrogens (primary N) is 1. The van der Waals surface area contributed by atoms with Gasteiger partial charge in [0.25, 0.3) is 5.56 Å². The van der Waals surface area contributed by atoms with Gasteiger partial charge in [0.1, 0.15) is 0 Å². The van der Waals surface area contributed by atoms with Crippen LogP contribution in [0, 0.1) is 0 Å². The van der Waals surface area contributed by atoms with Crippen molar-refractivity contribution < 1.29 is 0 Å². The van der Waals surface area contributed by atoms with Gasteiger partial charge in [-0.25, -0.2) is 4.68 Å². The molecule has 2 N–H and O–H groups in total. The maximum Gasteiger partial charge on any atom is 0.266 e. The summed E-state index contributed by atoms with van der Waals surface area (Å²) < 4.78 is 1.51. The minimum absolute atomic E-state index is 0.0664. The molecule has 1 heterocycles. The van der Waals surface area contributed by atoms with Gasteiger partial charge in [-0.3, -0.25) is 4.79 Å². The molecule has 4 nitrogen and oxygen atoms in total. The fourth-order valence-electron chi connectivity index (χ4n) is 3.12. The zero-order valence-electron chi connectivity index (χ0n) is 13.1. The third-order valence-electron chi connectivity index (χ3n) is 4.37. The highest BCUT2D eigenvalue weighted by Crippen LogP contribution is 2.25. The second-order valence-corrected chi connectivity index (χ2v) is 6.03. The molecule has 116 valence electrons. The van der Waals surface area contributed by atoms with Crippen LogP contribution in [-0.2, 0) is 19.4 Å². The Morgan fingerprint density at radius 2 is 1.95 bits per heavy atom. The molecular formula is C18H23N3O. The predicted molar refractivity (Wildman–Crippen MR) is 87.9 cm³/mol. The van der Waals surface area contributed by atoms with Crippen LogP contribution in [0.1, 0.15) is 54.6 Å². The van der Waals surface area contributed by atoms with Crippen molar-refractivity contribution in [2.45, 2.75) is 51.6 Å². The smallest absolute Gasteiger partial charge is 0.266 e. The number of nitrogens with zero attached hydrogens (tertiary/aromatic N) is 2. The van der Waals surface area contributed by atoms with Gasteiger partial charge in [0.15, 0.2) is 0 Å². The molecular weight excluding hydrogens is 274 g/mol. The average molecular weight is 297 g/mol. The Kier molecular flexibility index (Phi) is 4.39. The second-order valence-electron chi connectivity index (χ2n) is 6.03. The Morgan fingerprint density at radius 3 is 2.73 bits per heavy atom. The molecule has 2 aromatic rings. The SMILES string of the molecule is CCCn1nc(C(N)c2ccc3c(c2)CCCC3)ccc1=O. The summed E-state index contributed by atoms with van der Waals surface area (Å²) in [5, 5.41) is 4.43. The van der Waals surface area contributed by atoms with Crippen molar-refractivity contribution in [3.8, 4) is 0 Å². The van der Waals surface area contributed by atoms with Gasteiger partial charge in [0, 0.05) is 12.6 Å². The lowest BCUT2D eigenvalue weighted by molar-refractivity contribution is 0.548. The van der Waals surface area contributed by atoms with Crippen LogP contribution < -0.4 is 11.3 Å². The van der Waals surface area contributed by atoms with E-state index in [0.717, 1.165) is 24.1 Å². The third kappa shape index (κ3) is 2.97. The highest BCUT2D eigenvalue weighted by Gasteiger charge is 2.15. The first kappa shape index (κ1) is 15.0. The lowest BCUT2D eigenvalue weighted by Gasteiger charge is -2.19. The normalized spacial score (nSPS) is 15.4. The Balaban J connectivity index is 1.92. The Hall–Kier alpha value is -1.94. The van der Waals surface area contributed by atoms with Crippen LogP contribution >= 0.6 is 0 Å². The number of hydrogen-bond acceptors (Lipinski definition) is 3. The van der Waals surface area contributed by atoms with E-state index in [4.69, 9.17) is 5.73 Å². The van der Waals surface area contributed by atoms with E-state index in [1.807, 2.05) is 6.92 Å². The van der Waals surface area contributed by atoms with Crippen molar-refractivity contribution in [2.24, 2.45) is 5.73 Å². The van der Waals surface area contributed by atoms with Crippen LogP contribution in [0.2, 0.25) is 0 Å². The van der Waals surface area contributed by atoms with Crippen molar-refractivity contribution in [3.63, 3.8) is 0 Å². The molecule has 0 amide bonds. The molecule has 3 rings (SSSR count). The highest BCUT2D eigenvalue weighted by atomic mass is 16.1. The van der Waals surface area contributed by atoms with Crippen molar-refractivity contribution in [3.05, 3.63) is 63.1 Å². The lowest BCUT2D eigenvalue weighted by Crippen LogP contribution is -2.26. The number of aromatic nitrogens is 2. The molecule has 22 heavy (non-hydrogen) atoms. The number of aryl methyl sites for hydroxylation is 3. The molecule has 1 aromatic carbocycles. The fraction of sp³-hybridized carbons (Fsp3) is 0.444. The van der Waals surface area contributed by atoms with Crippen LogP contribution in [-0.4, -0.2) is 9.78 Å². The molecule has 1 atom stereocenters. The maximum absolute atomic E-state index is 11.8. The molecule has 1 unspecified atom stereocenters. The van der Waals surface area contributed by atoms with Gasteiger partial charge in [-0.05, 0) is 54.9 Å². The van der Waals surface area contributed by atoms with E-state index in [1.165, 1.54) is 35.1 Å². The summed E-state index contributed by atoms with van der Waals surface area (Å²) in [6, 6.07) is 9.55. The Bertz CT molecular complexity index is 721. The molecule has 1 aromatic heterocycles. The molecule has 0 aliphatic heterocycles. The van der Waals surface area contributed by atoms with Crippen LogP contribution in [0.4, 0.5) is 0 Å². The first-order valence-electron chi connectivity index (χ1n) is 8.14. The van der Waals surface area contributed by atoms with Crippen molar-refractivity contribution in [1.29, 1.82) is 0 Å². The Labute approximate surface area is 131 Å². The summed E-state index contributed by atoms with van der Waals surface area (Å²) in [4.78, 5) is 11.8. The number of benzene rings is 1. The van der Waals surface area contributed by atoms with Gasteiger partial charge in [-0.2, -0.15) is 5.10 Å². The number of fused-ring (bicyclic) bond motifs is 1. The van der Waals surface area contributed by atoms with E-state index < -0.39 is 0 Å². The lowest BCUT2D eigenvalue weighted by atomic mass is 9.89. The van der Waals surface area contributed by atoms with E-state index in [1.54, 1.807) is 12.1 Å². The quantitative estimate of drug-likeness (QED) is 0.943. The molecule has 0 bridgehead atoms. The van der Waals surface area contributed by atoms with Crippen LogP contribution in [0.3, 0.4) is 0 Å². The van der Waals surface area contributed by atoms with E-state index in [9.17, 15) is 4.79 Å². The summed E-state index contributed by atoms with van der Waals surface area (Å²) in [5.74, 6) is 0. The first-order chi connectivity index (χ1) is 10.7. The second kappa shape index (κ2) is 6.44. The number of hydrogen-bond donors (Lipinski definition) is 1. The first-order valence-corrected chi connectivity index (χ1v) is 8.14. The molecule has 1 aliphatic carbocycles. The van der Waals surface area contributed by atoms with E-state index in [-0.39, 0.29) is 11.6 Å². The zero-order chi connectivity index (χ0) is 15.5. The Morgan fingerprint density at radius 1 is 1.18 bits per heavy atom. The summed E-state index contributed by atoms with van der Waals surface area (Å²) in [6.07, 6.45) is 5.72. The van der Waals surface area contributed by atoms with E-state index in [2.05, 4.69) is 23.3 Å².